The Morgan fingerprint density at radius 1 is 1.08 bits per heavy atom. The van der Waals surface area contributed by atoms with Crippen molar-refractivity contribution in [3.05, 3.63) is 47.9 Å². The third-order valence-corrected chi connectivity index (χ3v) is 4.10. The number of aromatic nitrogens is 2. The lowest BCUT2D eigenvalue weighted by Crippen LogP contribution is -2.25. The van der Waals surface area contributed by atoms with Gasteiger partial charge >= 0.3 is 0 Å². The van der Waals surface area contributed by atoms with Gasteiger partial charge in [0.2, 0.25) is 0 Å². The SMILES string of the molecule is N#Cc1ccccc1NC(=O)c1cnc(N2CCCCCC2)cn1. The second-order valence-electron chi connectivity index (χ2n) is 5.77. The highest BCUT2D eigenvalue weighted by molar-refractivity contribution is 6.03. The summed E-state index contributed by atoms with van der Waals surface area (Å²) in [5, 5.41) is 11.8. The van der Waals surface area contributed by atoms with Gasteiger partial charge in [0.05, 0.1) is 23.6 Å². The van der Waals surface area contributed by atoms with E-state index in [2.05, 4.69) is 26.3 Å². The molecule has 1 N–H and O–H groups in total. The van der Waals surface area contributed by atoms with Crippen molar-refractivity contribution >= 4 is 17.4 Å². The van der Waals surface area contributed by atoms with Gasteiger partial charge in [-0.25, -0.2) is 9.97 Å². The Morgan fingerprint density at radius 3 is 2.50 bits per heavy atom. The molecule has 1 saturated heterocycles. The van der Waals surface area contributed by atoms with Crippen LogP contribution in [0, 0.1) is 11.3 Å². The summed E-state index contributed by atoms with van der Waals surface area (Å²) in [6, 6.07) is 8.92. The summed E-state index contributed by atoms with van der Waals surface area (Å²) < 4.78 is 0. The molecule has 6 heteroatoms. The van der Waals surface area contributed by atoms with Crippen LogP contribution in [0.5, 0.6) is 0 Å². The van der Waals surface area contributed by atoms with Crippen LogP contribution in [0.1, 0.15) is 41.7 Å². The van der Waals surface area contributed by atoms with Gasteiger partial charge < -0.3 is 10.2 Å². The van der Waals surface area contributed by atoms with E-state index >= 15 is 0 Å². The number of hydrogen-bond donors (Lipinski definition) is 1. The number of rotatable bonds is 3. The molecular weight excluding hydrogens is 302 g/mol. The minimum absolute atomic E-state index is 0.237. The van der Waals surface area contributed by atoms with E-state index in [0.29, 0.717) is 11.3 Å². The van der Waals surface area contributed by atoms with Gasteiger partial charge in [0.1, 0.15) is 17.6 Å². The first-order chi connectivity index (χ1) is 11.8. The average Bonchev–Trinajstić information content (AvgIpc) is 2.92. The molecule has 0 unspecified atom stereocenters. The lowest BCUT2D eigenvalue weighted by Gasteiger charge is -2.20. The summed E-state index contributed by atoms with van der Waals surface area (Å²) in [6.07, 6.45) is 7.97. The van der Waals surface area contributed by atoms with E-state index in [1.54, 1.807) is 30.5 Å². The van der Waals surface area contributed by atoms with Crippen LogP contribution in [0.3, 0.4) is 0 Å². The quantitative estimate of drug-likeness (QED) is 0.940. The molecule has 2 heterocycles. The topological polar surface area (TPSA) is 81.9 Å². The Labute approximate surface area is 141 Å². The van der Waals surface area contributed by atoms with Crippen LogP contribution in [-0.4, -0.2) is 29.0 Å². The van der Waals surface area contributed by atoms with E-state index in [-0.39, 0.29) is 11.6 Å². The van der Waals surface area contributed by atoms with E-state index < -0.39 is 0 Å². The maximum atomic E-state index is 12.3. The average molecular weight is 321 g/mol. The molecule has 0 saturated carbocycles. The summed E-state index contributed by atoms with van der Waals surface area (Å²) in [4.78, 5) is 23.1. The van der Waals surface area contributed by atoms with Gasteiger partial charge in [-0.15, -0.1) is 0 Å². The first-order valence-electron chi connectivity index (χ1n) is 8.15. The van der Waals surface area contributed by atoms with Crippen LogP contribution in [-0.2, 0) is 0 Å². The van der Waals surface area contributed by atoms with E-state index in [9.17, 15) is 4.79 Å². The Balaban J connectivity index is 1.71. The summed E-state index contributed by atoms with van der Waals surface area (Å²) in [6.45, 7) is 1.96. The van der Waals surface area contributed by atoms with E-state index in [4.69, 9.17) is 5.26 Å². The maximum Gasteiger partial charge on any atom is 0.275 e. The number of amides is 1. The van der Waals surface area contributed by atoms with Gasteiger partial charge in [-0.05, 0) is 25.0 Å². The monoisotopic (exact) mass is 321 g/mol. The third kappa shape index (κ3) is 3.69. The number of hydrogen-bond acceptors (Lipinski definition) is 5. The molecule has 0 radical (unpaired) electrons. The minimum Gasteiger partial charge on any atom is -0.355 e. The summed E-state index contributed by atoms with van der Waals surface area (Å²) >= 11 is 0. The zero-order valence-corrected chi connectivity index (χ0v) is 13.4. The number of anilines is 2. The molecule has 1 aliphatic heterocycles. The molecular formula is C18H19N5O. The van der Waals surface area contributed by atoms with Gasteiger partial charge in [0.25, 0.3) is 5.91 Å². The number of nitrogens with one attached hydrogen (secondary N) is 1. The van der Waals surface area contributed by atoms with Crippen molar-refractivity contribution in [3.8, 4) is 6.07 Å². The predicted molar refractivity (Wildman–Crippen MR) is 91.8 cm³/mol. The van der Waals surface area contributed by atoms with Gasteiger partial charge in [0, 0.05) is 13.1 Å². The molecule has 24 heavy (non-hydrogen) atoms. The summed E-state index contributed by atoms with van der Waals surface area (Å²) in [5.41, 5.74) is 1.13. The highest BCUT2D eigenvalue weighted by Crippen LogP contribution is 2.17. The van der Waals surface area contributed by atoms with Crippen LogP contribution < -0.4 is 10.2 Å². The van der Waals surface area contributed by atoms with Gasteiger partial charge in [-0.3, -0.25) is 4.79 Å². The first kappa shape index (κ1) is 15.9. The van der Waals surface area contributed by atoms with Crippen molar-refractivity contribution < 1.29 is 4.79 Å². The third-order valence-electron chi connectivity index (χ3n) is 4.10. The molecule has 3 rings (SSSR count). The molecule has 1 aromatic heterocycles. The Bertz CT molecular complexity index is 743. The van der Waals surface area contributed by atoms with Gasteiger partial charge in [0.15, 0.2) is 0 Å². The maximum absolute atomic E-state index is 12.3. The smallest absolute Gasteiger partial charge is 0.275 e. The summed E-state index contributed by atoms with van der Waals surface area (Å²) in [7, 11) is 0. The standard InChI is InChI=1S/C18H19N5O/c19-11-14-7-3-4-8-15(14)22-18(24)16-12-21-17(13-20-16)23-9-5-1-2-6-10-23/h3-4,7-8,12-13H,1-2,5-6,9-10H2,(H,22,24). The van der Waals surface area contributed by atoms with Crippen LogP contribution in [0.15, 0.2) is 36.7 Å². The second-order valence-corrected chi connectivity index (χ2v) is 5.77. The van der Waals surface area contributed by atoms with Crippen molar-refractivity contribution in [2.45, 2.75) is 25.7 Å². The zero-order chi connectivity index (χ0) is 16.8. The molecule has 2 aromatic rings. The fourth-order valence-electron chi connectivity index (χ4n) is 2.78. The van der Waals surface area contributed by atoms with Crippen molar-refractivity contribution in [2.24, 2.45) is 0 Å². The normalized spacial score (nSPS) is 14.5. The fourth-order valence-corrected chi connectivity index (χ4v) is 2.78. The van der Waals surface area contributed by atoms with Crippen molar-refractivity contribution in [2.75, 3.05) is 23.3 Å². The first-order valence-corrected chi connectivity index (χ1v) is 8.15. The fraction of sp³-hybridized carbons (Fsp3) is 0.333. The molecule has 0 aliphatic carbocycles. The van der Waals surface area contributed by atoms with Crippen LogP contribution >= 0.6 is 0 Å². The minimum atomic E-state index is -0.368. The largest absolute Gasteiger partial charge is 0.355 e. The lowest BCUT2D eigenvalue weighted by atomic mass is 10.2. The zero-order valence-electron chi connectivity index (χ0n) is 13.4. The number of carbonyl (C=O) groups excluding carboxylic acids is 1. The summed E-state index contributed by atoms with van der Waals surface area (Å²) in [5.74, 6) is 0.443. The van der Waals surface area contributed by atoms with Crippen LogP contribution in [0.25, 0.3) is 0 Å². The molecule has 1 fully saturated rings. The molecule has 1 aliphatic rings. The highest BCUT2D eigenvalue weighted by Gasteiger charge is 2.14. The van der Waals surface area contributed by atoms with Crippen molar-refractivity contribution in [1.82, 2.24) is 9.97 Å². The molecule has 6 nitrogen and oxygen atoms in total. The van der Waals surface area contributed by atoms with Gasteiger partial charge in [-0.1, -0.05) is 25.0 Å². The Hall–Kier alpha value is -2.94. The van der Waals surface area contributed by atoms with E-state index in [1.807, 2.05) is 0 Å². The number of para-hydroxylation sites is 1. The number of nitrogens with zero attached hydrogens (tertiary/aromatic N) is 4. The molecule has 0 atom stereocenters. The van der Waals surface area contributed by atoms with Crippen molar-refractivity contribution in [1.29, 1.82) is 5.26 Å². The molecule has 1 amide bonds. The molecule has 1 aromatic carbocycles. The van der Waals surface area contributed by atoms with E-state index in [0.717, 1.165) is 31.7 Å². The highest BCUT2D eigenvalue weighted by atomic mass is 16.1. The lowest BCUT2D eigenvalue weighted by molar-refractivity contribution is 0.102. The van der Waals surface area contributed by atoms with E-state index in [1.165, 1.54) is 19.0 Å². The van der Waals surface area contributed by atoms with Gasteiger partial charge in [-0.2, -0.15) is 5.26 Å². The Kier molecular flexibility index (Phi) is 5.02. The molecule has 0 spiro atoms. The molecule has 122 valence electrons. The number of carbonyl (C=O) groups is 1. The Morgan fingerprint density at radius 2 is 1.83 bits per heavy atom. The predicted octanol–water partition coefficient (Wildman–Crippen LogP) is 2.98. The van der Waals surface area contributed by atoms with Crippen LogP contribution in [0.2, 0.25) is 0 Å². The molecule has 0 bridgehead atoms. The number of nitriles is 1. The number of benzene rings is 1. The second kappa shape index (κ2) is 7.55. The van der Waals surface area contributed by atoms with Crippen molar-refractivity contribution in [3.63, 3.8) is 0 Å². The van der Waals surface area contributed by atoms with Crippen LogP contribution in [0.4, 0.5) is 11.5 Å².